The predicted molar refractivity (Wildman–Crippen MR) is 82.5 cm³/mol. The first kappa shape index (κ1) is 14.4. The summed E-state index contributed by atoms with van der Waals surface area (Å²) < 4.78 is 11.8. The van der Waals surface area contributed by atoms with E-state index in [1.54, 1.807) is 0 Å². The van der Waals surface area contributed by atoms with Gasteiger partial charge in [0.15, 0.2) is 0 Å². The van der Waals surface area contributed by atoms with E-state index < -0.39 is 0 Å². The minimum absolute atomic E-state index is 0.136. The number of rotatable bonds is 4. The van der Waals surface area contributed by atoms with Gasteiger partial charge in [0.25, 0.3) is 0 Å². The molecule has 1 saturated carbocycles. The lowest BCUT2D eigenvalue weighted by Crippen LogP contribution is -2.53. The quantitative estimate of drug-likeness (QED) is 0.859. The highest BCUT2D eigenvalue weighted by Crippen LogP contribution is 2.39. The topological polar surface area (TPSA) is 33.7 Å². The van der Waals surface area contributed by atoms with Crippen molar-refractivity contribution in [2.45, 2.75) is 75.1 Å². The van der Waals surface area contributed by atoms with Gasteiger partial charge in [0.05, 0.1) is 5.60 Å². The maximum absolute atomic E-state index is 6.23. The van der Waals surface area contributed by atoms with E-state index in [1.807, 2.05) is 0 Å². The van der Waals surface area contributed by atoms with E-state index in [2.05, 4.69) is 10.2 Å². The van der Waals surface area contributed by atoms with Crippen LogP contribution in [-0.2, 0) is 9.47 Å². The number of ether oxygens (including phenoxy) is 2. The second-order valence-electron chi connectivity index (χ2n) is 7.51. The summed E-state index contributed by atoms with van der Waals surface area (Å²) in [5.74, 6) is 0. The zero-order chi connectivity index (χ0) is 14.1. The first-order chi connectivity index (χ1) is 10.3. The van der Waals surface area contributed by atoms with E-state index in [0.717, 1.165) is 50.8 Å². The molecule has 120 valence electrons. The van der Waals surface area contributed by atoms with Gasteiger partial charge in [0.2, 0.25) is 0 Å². The van der Waals surface area contributed by atoms with Crippen molar-refractivity contribution in [2.24, 2.45) is 0 Å². The molecule has 3 aliphatic heterocycles. The van der Waals surface area contributed by atoms with E-state index in [-0.39, 0.29) is 5.60 Å². The Morgan fingerprint density at radius 2 is 1.86 bits per heavy atom. The summed E-state index contributed by atoms with van der Waals surface area (Å²) in [6.07, 6.45) is 10.2. The molecule has 2 unspecified atom stereocenters. The second-order valence-corrected chi connectivity index (χ2v) is 7.51. The van der Waals surface area contributed by atoms with Gasteiger partial charge in [-0.05, 0) is 57.9 Å². The zero-order valence-corrected chi connectivity index (χ0v) is 13.2. The van der Waals surface area contributed by atoms with Crippen LogP contribution in [0.1, 0.15) is 51.4 Å². The van der Waals surface area contributed by atoms with Crippen LogP contribution >= 0.6 is 0 Å². The number of hydrogen-bond acceptors (Lipinski definition) is 4. The highest BCUT2D eigenvalue weighted by molar-refractivity contribution is 4.98. The summed E-state index contributed by atoms with van der Waals surface area (Å²) >= 11 is 0. The molecule has 21 heavy (non-hydrogen) atoms. The average molecular weight is 294 g/mol. The molecule has 0 radical (unpaired) electrons. The predicted octanol–water partition coefficient (Wildman–Crippen LogP) is 1.93. The molecule has 0 bridgehead atoms. The SMILES string of the molecule is C1CNC(CN(C2CC2)C2CCOC3(CCOCC3)C2)C1. The Bertz CT molecular complexity index is 341. The molecule has 0 aromatic heterocycles. The van der Waals surface area contributed by atoms with E-state index in [4.69, 9.17) is 9.47 Å². The zero-order valence-electron chi connectivity index (χ0n) is 13.2. The maximum Gasteiger partial charge on any atom is 0.0741 e. The third kappa shape index (κ3) is 3.29. The molecule has 2 atom stereocenters. The highest BCUT2D eigenvalue weighted by Gasteiger charge is 2.44. The molecular weight excluding hydrogens is 264 g/mol. The molecule has 3 saturated heterocycles. The first-order valence-electron chi connectivity index (χ1n) is 9.06. The van der Waals surface area contributed by atoms with Crippen molar-refractivity contribution in [1.82, 2.24) is 10.2 Å². The Morgan fingerprint density at radius 1 is 1.00 bits per heavy atom. The molecule has 4 fully saturated rings. The third-order valence-corrected chi connectivity index (χ3v) is 5.95. The Morgan fingerprint density at radius 3 is 2.57 bits per heavy atom. The minimum atomic E-state index is 0.136. The van der Waals surface area contributed by atoms with Crippen molar-refractivity contribution in [3.8, 4) is 0 Å². The molecular formula is C17H30N2O2. The average Bonchev–Trinajstić information content (AvgIpc) is 3.22. The molecule has 1 N–H and O–H groups in total. The fourth-order valence-corrected chi connectivity index (χ4v) is 4.55. The third-order valence-electron chi connectivity index (χ3n) is 5.95. The van der Waals surface area contributed by atoms with Gasteiger partial charge < -0.3 is 14.8 Å². The van der Waals surface area contributed by atoms with Crippen molar-refractivity contribution in [2.75, 3.05) is 32.9 Å². The van der Waals surface area contributed by atoms with Crippen LogP contribution in [0, 0.1) is 0 Å². The van der Waals surface area contributed by atoms with Crippen molar-refractivity contribution in [3.05, 3.63) is 0 Å². The van der Waals surface area contributed by atoms with Gasteiger partial charge in [-0.1, -0.05) is 0 Å². The van der Waals surface area contributed by atoms with Gasteiger partial charge in [0, 0.05) is 44.5 Å². The van der Waals surface area contributed by atoms with Crippen molar-refractivity contribution in [1.29, 1.82) is 0 Å². The van der Waals surface area contributed by atoms with Crippen LogP contribution in [0.2, 0.25) is 0 Å². The molecule has 4 rings (SSSR count). The second kappa shape index (κ2) is 6.15. The number of hydrogen-bond donors (Lipinski definition) is 1. The standard InChI is InChI=1S/C17H30N2O2/c1-2-14(18-8-1)13-19(15-3-4-15)16-5-9-21-17(12-16)6-10-20-11-7-17/h14-16,18H,1-13H2. The summed E-state index contributed by atoms with van der Waals surface area (Å²) in [6.45, 7) is 5.22. The van der Waals surface area contributed by atoms with Crippen LogP contribution in [0.15, 0.2) is 0 Å². The molecule has 1 spiro atoms. The Labute approximate surface area is 128 Å². The van der Waals surface area contributed by atoms with Gasteiger partial charge in [-0.15, -0.1) is 0 Å². The van der Waals surface area contributed by atoms with Gasteiger partial charge >= 0.3 is 0 Å². The van der Waals surface area contributed by atoms with Crippen LogP contribution in [0.5, 0.6) is 0 Å². The largest absolute Gasteiger partial charge is 0.381 e. The van der Waals surface area contributed by atoms with Crippen LogP contribution in [-0.4, -0.2) is 61.5 Å². The lowest BCUT2D eigenvalue weighted by Gasteiger charge is -2.47. The summed E-state index contributed by atoms with van der Waals surface area (Å²) in [7, 11) is 0. The summed E-state index contributed by atoms with van der Waals surface area (Å²) in [5.41, 5.74) is 0.136. The summed E-state index contributed by atoms with van der Waals surface area (Å²) in [4.78, 5) is 2.85. The molecule has 1 aliphatic carbocycles. The summed E-state index contributed by atoms with van der Waals surface area (Å²) in [5, 5.41) is 3.69. The van der Waals surface area contributed by atoms with Crippen LogP contribution in [0.25, 0.3) is 0 Å². The normalized spacial score (nSPS) is 36.4. The Kier molecular flexibility index (Phi) is 4.23. The molecule has 0 aromatic rings. The Balaban J connectivity index is 1.41. The van der Waals surface area contributed by atoms with Gasteiger partial charge in [-0.25, -0.2) is 0 Å². The van der Waals surface area contributed by atoms with E-state index in [9.17, 15) is 0 Å². The molecule has 4 heteroatoms. The van der Waals surface area contributed by atoms with E-state index in [0.29, 0.717) is 0 Å². The smallest absolute Gasteiger partial charge is 0.0741 e. The van der Waals surface area contributed by atoms with Crippen molar-refractivity contribution < 1.29 is 9.47 Å². The Hall–Kier alpha value is -0.160. The van der Waals surface area contributed by atoms with Crippen LogP contribution < -0.4 is 5.32 Å². The lowest BCUT2D eigenvalue weighted by molar-refractivity contribution is -0.152. The van der Waals surface area contributed by atoms with Crippen LogP contribution in [0.3, 0.4) is 0 Å². The molecule has 0 amide bonds. The monoisotopic (exact) mass is 294 g/mol. The fourth-order valence-electron chi connectivity index (χ4n) is 4.55. The molecule has 0 aromatic carbocycles. The molecule has 4 nitrogen and oxygen atoms in total. The molecule has 3 heterocycles. The van der Waals surface area contributed by atoms with Crippen LogP contribution in [0.4, 0.5) is 0 Å². The van der Waals surface area contributed by atoms with Gasteiger partial charge in [-0.2, -0.15) is 0 Å². The van der Waals surface area contributed by atoms with Gasteiger partial charge in [-0.3, -0.25) is 4.90 Å². The number of nitrogens with zero attached hydrogens (tertiary/aromatic N) is 1. The number of nitrogens with one attached hydrogen (secondary N) is 1. The van der Waals surface area contributed by atoms with E-state index >= 15 is 0 Å². The maximum atomic E-state index is 6.23. The van der Waals surface area contributed by atoms with E-state index in [1.165, 1.54) is 51.6 Å². The van der Waals surface area contributed by atoms with Crippen molar-refractivity contribution in [3.63, 3.8) is 0 Å². The molecule has 4 aliphatic rings. The first-order valence-corrected chi connectivity index (χ1v) is 9.06. The minimum Gasteiger partial charge on any atom is -0.381 e. The van der Waals surface area contributed by atoms with Crippen molar-refractivity contribution >= 4 is 0 Å². The lowest BCUT2D eigenvalue weighted by atomic mass is 9.83. The summed E-state index contributed by atoms with van der Waals surface area (Å²) in [6, 6.07) is 2.35. The fraction of sp³-hybridized carbons (Fsp3) is 1.00. The highest BCUT2D eigenvalue weighted by atomic mass is 16.5. The van der Waals surface area contributed by atoms with Gasteiger partial charge in [0.1, 0.15) is 0 Å².